The molecule has 0 saturated carbocycles. The summed E-state index contributed by atoms with van der Waals surface area (Å²) in [5, 5.41) is 4.83. The topological polar surface area (TPSA) is 42.0 Å². The Kier molecular flexibility index (Phi) is 3.66. The van der Waals surface area contributed by atoms with E-state index in [2.05, 4.69) is 26.2 Å². The highest BCUT2D eigenvalue weighted by atomic mass is 79.9. The third kappa shape index (κ3) is 2.72. The Labute approximate surface area is 124 Å². The number of carbonyl (C=O) groups is 1. The van der Waals surface area contributed by atoms with Crippen molar-refractivity contribution < 1.29 is 4.79 Å². The summed E-state index contributed by atoms with van der Waals surface area (Å²) in [5.41, 5.74) is 2.07. The molecule has 2 aromatic rings. The number of anilines is 1. The van der Waals surface area contributed by atoms with Gasteiger partial charge in [-0.3, -0.25) is 4.79 Å². The lowest BCUT2D eigenvalue weighted by atomic mass is 9.96. The number of hydrogen-bond donors (Lipinski definition) is 1. The molecule has 0 spiro atoms. The fourth-order valence-corrected chi connectivity index (χ4v) is 3.68. The molecule has 0 aliphatic heterocycles. The SMILES string of the molecule is O=C(Nc1ccc(Br)cn1)c1csc2c1CCCC2. The highest BCUT2D eigenvalue weighted by Gasteiger charge is 2.20. The van der Waals surface area contributed by atoms with Gasteiger partial charge in [-0.05, 0) is 59.3 Å². The van der Waals surface area contributed by atoms with Gasteiger partial charge in [0.05, 0.1) is 5.56 Å². The van der Waals surface area contributed by atoms with E-state index in [1.807, 2.05) is 11.4 Å². The molecule has 0 saturated heterocycles. The largest absolute Gasteiger partial charge is 0.307 e. The highest BCUT2D eigenvalue weighted by molar-refractivity contribution is 9.10. The first kappa shape index (κ1) is 12.8. The Balaban J connectivity index is 1.80. The molecule has 98 valence electrons. The molecule has 19 heavy (non-hydrogen) atoms. The standard InChI is InChI=1S/C14H13BrN2OS/c15-9-5-6-13(16-7-9)17-14(18)11-8-19-12-4-2-1-3-10(11)12/h5-8H,1-4H2,(H,16,17,18). The third-order valence-electron chi connectivity index (χ3n) is 3.27. The van der Waals surface area contributed by atoms with Gasteiger partial charge in [-0.15, -0.1) is 11.3 Å². The summed E-state index contributed by atoms with van der Waals surface area (Å²) in [6.45, 7) is 0. The number of fused-ring (bicyclic) bond motifs is 1. The number of nitrogens with one attached hydrogen (secondary N) is 1. The summed E-state index contributed by atoms with van der Waals surface area (Å²) in [6.07, 6.45) is 6.24. The van der Waals surface area contributed by atoms with Crippen molar-refractivity contribution in [1.82, 2.24) is 4.98 Å². The van der Waals surface area contributed by atoms with Crippen molar-refractivity contribution in [1.29, 1.82) is 0 Å². The fourth-order valence-electron chi connectivity index (χ4n) is 2.32. The minimum atomic E-state index is -0.0470. The Morgan fingerprint density at radius 3 is 2.95 bits per heavy atom. The average Bonchev–Trinajstić information content (AvgIpc) is 2.85. The number of thiophene rings is 1. The number of aryl methyl sites for hydroxylation is 1. The number of halogens is 1. The smallest absolute Gasteiger partial charge is 0.257 e. The van der Waals surface area contributed by atoms with E-state index in [4.69, 9.17) is 0 Å². The van der Waals surface area contributed by atoms with E-state index in [1.165, 1.54) is 23.3 Å². The van der Waals surface area contributed by atoms with E-state index in [9.17, 15) is 4.79 Å². The van der Waals surface area contributed by atoms with Gasteiger partial charge in [0, 0.05) is 20.9 Å². The summed E-state index contributed by atoms with van der Waals surface area (Å²) in [4.78, 5) is 17.8. The summed E-state index contributed by atoms with van der Waals surface area (Å²) in [6, 6.07) is 3.66. The molecule has 2 heterocycles. The Bertz CT molecular complexity index is 606. The number of nitrogens with zero attached hydrogens (tertiary/aromatic N) is 1. The zero-order valence-electron chi connectivity index (χ0n) is 10.3. The second-order valence-corrected chi connectivity index (χ2v) is 6.45. The molecule has 0 unspecified atom stereocenters. The second-order valence-electron chi connectivity index (χ2n) is 4.57. The van der Waals surface area contributed by atoms with Gasteiger partial charge in [-0.1, -0.05) is 0 Å². The first-order valence-electron chi connectivity index (χ1n) is 6.26. The van der Waals surface area contributed by atoms with Crippen LogP contribution in [0.5, 0.6) is 0 Å². The van der Waals surface area contributed by atoms with Gasteiger partial charge in [-0.2, -0.15) is 0 Å². The molecular weight excluding hydrogens is 324 g/mol. The normalized spacial score (nSPS) is 13.9. The molecule has 3 nitrogen and oxygen atoms in total. The summed E-state index contributed by atoms with van der Waals surface area (Å²) >= 11 is 5.03. The number of hydrogen-bond acceptors (Lipinski definition) is 3. The maximum atomic E-state index is 12.3. The van der Waals surface area contributed by atoms with Crippen molar-refractivity contribution >= 4 is 39.0 Å². The fraction of sp³-hybridized carbons (Fsp3) is 0.286. The predicted molar refractivity (Wildman–Crippen MR) is 80.9 cm³/mol. The lowest BCUT2D eigenvalue weighted by Gasteiger charge is -2.12. The minimum absolute atomic E-state index is 0.0470. The molecule has 0 bridgehead atoms. The van der Waals surface area contributed by atoms with Crippen LogP contribution in [0.1, 0.15) is 33.6 Å². The summed E-state index contributed by atoms with van der Waals surface area (Å²) < 4.78 is 0.901. The Morgan fingerprint density at radius 1 is 1.32 bits per heavy atom. The van der Waals surface area contributed by atoms with Crippen LogP contribution in [0.4, 0.5) is 5.82 Å². The number of carbonyl (C=O) groups excluding carboxylic acids is 1. The quantitative estimate of drug-likeness (QED) is 0.899. The van der Waals surface area contributed by atoms with Gasteiger partial charge in [-0.25, -0.2) is 4.98 Å². The van der Waals surface area contributed by atoms with Gasteiger partial charge in [0.1, 0.15) is 5.82 Å². The molecule has 1 amide bonds. The maximum Gasteiger partial charge on any atom is 0.257 e. The van der Waals surface area contributed by atoms with Gasteiger partial charge >= 0.3 is 0 Å². The molecule has 1 aliphatic rings. The molecule has 2 aromatic heterocycles. The van der Waals surface area contributed by atoms with Crippen LogP contribution in [0.3, 0.4) is 0 Å². The van der Waals surface area contributed by atoms with Crippen LogP contribution in [0, 0.1) is 0 Å². The number of pyridine rings is 1. The van der Waals surface area contributed by atoms with Crippen LogP contribution in [0.25, 0.3) is 0 Å². The lowest BCUT2D eigenvalue weighted by Crippen LogP contribution is -2.15. The van der Waals surface area contributed by atoms with Crippen molar-refractivity contribution in [3.63, 3.8) is 0 Å². The van der Waals surface area contributed by atoms with E-state index in [0.29, 0.717) is 5.82 Å². The molecule has 5 heteroatoms. The molecule has 0 radical (unpaired) electrons. The Hall–Kier alpha value is -1.20. The maximum absolute atomic E-state index is 12.3. The lowest BCUT2D eigenvalue weighted by molar-refractivity contribution is 0.102. The van der Waals surface area contributed by atoms with Gasteiger partial charge in [0.25, 0.3) is 5.91 Å². The van der Waals surface area contributed by atoms with Crippen LogP contribution in [0.2, 0.25) is 0 Å². The molecule has 1 aliphatic carbocycles. The van der Waals surface area contributed by atoms with Crippen LogP contribution in [-0.2, 0) is 12.8 Å². The molecule has 3 rings (SSSR count). The van der Waals surface area contributed by atoms with Crippen LogP contribution in [0.15, 0.2) is 28.2 Å². The van der Waals surface area contributed by atoms with Crippen LogP contribution >= 0.6 is 27.3 Å². The van der Waals surface area contributed by atoms with Crippen molar-refractivity contribution in [2.24, 2.45) is 0 Å². The summed E-state index contributed by atoms with van der Waals surface area (Å²) in [7, 11) is 0. The molecular formula is C14H13BrN2OS. The van der Waals surface area contributed by atoms with Crippen molar-refractivity contribution in [3.8, 4) is 0 Å². The first-order chi connectivity index (χ1) is 9.24. The zero-order valence-corrected chi connectivity index (χ0v) is 12.7. The molecule has 0 aromatic carbocycles. The second kappa shape index (κ2) is 5.43. The van der Waals surface area contributed by atoms with E-state index < -0.39 is 0 Å². The van der Waals surface area contributed by atoms with E-state index in [0.717, 1.165) is 22.9 Å². The monoisotopic (exact) mass is 336 g/mol. The average molecular weight is 337 g/mol. The highest BCUT2D eigenvalue weighted by Crippen LogP contribution is 2.30. The van der Waals surface area contributed by atoms with Crippen molar-refractivity contribution in [3.05, 3.63) is 44.2 Å². The third-order valence-corrected chi connectivity index (χ3v) is 4.83. The first-order valence-corrected chi connectivity index (χ1v) is 7.93. The molecule has 0 fully saturated rings. The van der Waals surface area contributed by atoms with Gasteiger partial charge < -0.3 is 5.32 Å². The number of rotatable bonds is 2. The van der Waals surface area contributed by atoms with E-state index in [-0.39, 0.29) is 5.91 Å². The zero-order chi connectivity index (χ0) is 13.2. The van der Waals surface area contributed by atoms with Crippen molar-refractivity contribution in [2.45, 2.75) is 25.7 Å². The predicted octanol–water partition coefficient (Wildman–Crippen LogP) is 4.04. The van der Waals surface area contributed by atoms with E-state index >= 15 is 0 Å². The van der Waals surface area contributed by atoms with Crippen LogP contribution < -0.4 is 5.32 Å². The Morgan fingerprint density at radius 2 is 2.16 bits per heavy atom. The van der Waals surface area contributed by atoms with Gasteiger partial charge in [0.15, 0.2) is 0 Å². The molecule has 1 N–H and O–H groups in total. The summed E-state index contributed by atoms with van der Waals surface area (Å²) in [5.74, 6) is 0.540. The van der Waals surface area contributed by atoms with Crippen molar-refractivity contribution in [2.75, 3.05) is 5.32 Å². The minimum Gasteiger partial charge on any atom is -0.307 e. The van der Waals surface area contributed by atoms with Gasteiger partial charge in [0.2, 0.25) is 0 Å². The van der Waals surface area contributed by atoms with E-state index in [1.54, 1.807) is 23.6 Å². The van der Waals surface area contributed by atoms with Crippen LogP contribution in [-0.4, -0.2) is 10.9 Å². The molecule has 0 atom stereocenters. The number of aromatic nitrogens is 1. The number of amides is 1.